The molecule has 0 fully saturated rings. The van der Waals surface area contributed by atoms with Gasteiger partial charge in [0.15, 0.2) is 0 Å². The van der Waals surface area contributed by atoms with E-state index >= 15 is 0 Å². The maximum absolute atomic E-state index is 8.88. The van der Waals surface area contributed by atoms with Crippen LogP contribution in [0.2, 0.25) is 0 Å². The van der Waals surface area contributed by atoms with E-state index in [-0.39, 0.29) is 73.9 Å². The van der Waals surface area contributed by atoms with Crippen molar-refractivity contribution in [2.45, 2.75) is 0 Å². The van der Waals surface area contributed by atoms with Gasteiger partial charge in [0.1, 0.15) is 0 Å². The monoisotopic (exact) mass is 322 g/mol. The molecule has 0 atom stereocenters. The van der Waals surface area contributed by atoms with Gasteiger partial charge in [0, 0.05) is 21.1 Å². The minimum Gasteiger partial charge on any atom is -1.00 e. The predicted molar refractivity (Wildman–Crippen MR) is 15.4 cm³/mol. The van der Waals surface area contributed by atoms with Crippen molar-refractivity contribution in [3.63, 3.8) is 0 Å². The van der Waals surface area contributed by atoms with Crippen LogP contribution in [0.1, 0.15) is 1.43 Å². The Bertz CT molecular complexity index is 62.2. The van der Waals surface area contributed by atoms with Crippen LogP contribution in [-0.2, 0) is 25.6 Å². The first-order valence-corrected chi connectivity index (χ1v) is 2.35. The second-order valence-corrected chi connectivity index (χ2v) is 1.54. The summed E-state index contributed by atoms with van der Waals surface area (Å²) in [6.07, 6.45) is 0. The zero-order valence-electron chi connectivity index (χ0n) is 4.61. The number of rotatable bonds is 0. The minimum atomic E-state index is -4.64. The molecule has 0 unspecified atom stereocenters. The fourth-order valence-electron chi connectivity index (χ4n) is 0. The van der Waals surface area contributed by atoms with E-state index in [1.165, 1.54) is 0 Å². The number of phosphoric acid groups is 1. The van der Waals surface area contributed by atoms with Gasteiger partial charge in [-0.2, -0.15) is 0 Å². The molecule has 0 spiro atoms. The summed E-state index contributed by atoms with van der Waals surface area (Å²) in [5, 5.41) is 0. The van der Waals surface area contributed by atoms with Crippen LogP contribution in [0.5, 0.6) is 0 Å². The molecule has 4 nitrogen and oxygen atoms in total. The number of hydrogen-bond donors (Lipinski definition) is 3. The first-order valence-electron chi connectivity index (χ1n) is 0.783. The molecule has 0 aromatic rings. The third-order valence-electron chi connectivity index (χ3n) is 0. The van der Waals surface area contributed by atoms with Crippen molar-refractivity contribution >= 4 is 7.82 Å². The summed E-state index contributed by atoms with van der Waals surface area (Å²) in [5.74, 6) is 0. The molecule has 7 heteroatoms. The molecule has 0 saturated heterocycles. The van der Waals surface area contributed by atoms with Gasteiger partial charge < -0.3 is 16.1 Å². The Balaban J connectivity index is -0.0000000267. The van der Waals surface area contributed by atoms with E-state index in [9.17, 15) is 0 Å². The van der Waals surface area contributed by atoms with Crippen LogP contribution in [0.25, 0.3) is 0 Å². The molecule has 0 aromatic carbocycles. The van der Waals surface area contributed by atoms with Gasteiger partial charge in [-0.1, -0.05) is 0 Å². The normalized spacial score (nSPS) is 8.43. The van der Waals surface area contributed by atoms with E-state index in [4.69, 9.17) is 19.2 Å². The van der Waals surface area contributed by atoms with Crippen LogP contribution >= 0.6 is 7.82 Å². The van der Waals surface area contributed by atoms with Gasteiger partial charge in [0.2, 0.25) is 0 Å². The van der Waals surface area contributed by atoms with Gasteiger partial charge in [0.05, 0.1) is 0 Å². The molecular formula is H4KO4PW. The molecule has 0 aromatic heterocycles. The van der Waals surface area contributed by atoms with Crippen molar-refractivity contribution in [1.82, 2.24) is 0 Å². The first-order chi connectivity index (χ1) is 2.00. The largest absolute Gasteiger partial charge is 1.00 e. The molecule has 0 rings (SSSR count). The Morgan fingerprint density at radius 1 is 1.29 bits per heavy atom. The fourth-order valence-corrected chi connectivity index (χ4v) is 0. The Kier molecular flexibility index (Phi) is 15.2. The van der Waals surface area contributed by atoms with E-state index in [0.29, 0.717) is 0 Å². The van der Waals surface area contributed by atoms with E-state index < -0.39 is 7.82 Å². The second kappa shape index (κ2) is 6.55. The molecule has 3 N–H and O–H groups in total. The fraction of sp³-hybridized carbons (Fsp3) is 0. The summed E-state index contributed by atoms with van der Waals surface area (Å²) in [6, 6.07) is 0. The van der Waals surface area contributed by atoms with Crippen LogP contribution in [0.3, 0.4) is 0 Å². The van der Waals surface area contributed by atoms with Crippen molar-refractivity contribution in [2.24, 2.45) is 0 Å². The molecule has 0 aliphatic carbocycles. The molecule has 0 saturated carbocycles. The average Bonchev–Trinajstić information content (AvgIpc) is 0.722. The van der Waals surface area contributed by atoms with Crippen molar-refractivity contribution < 1.29 is 93.1 Å². The van der Waals surface area contributed by atoms with Gasteiger partial charge in [-0.25, -0.2) is 4.57 Å². The van der Waals surface area contributed by atoms with Gasteiger partial charge in [-0.05, 0) is 0 Å². The molecule has 0 radical (unpaired) electrons. The second-order valence-electron chi connectivity index (χ2n) is 0.513. The van der Waals surface area contributed by atoms with Crippen LogP contribution in [0.4, 0.5) is 0 Å². The summed E-state index contributed by atoms with van der Waals surface area (Å²) in [6.45, 7) is 0. The Morgan fingerprint density at radius 3 is 1.29 bits per heavy atom. The summed E-state index contributed by atoms with van der Waals surface area (Å²) in [5.41, 5.74) is 0. The molecule has 0 heterocycles. The molecule has 0 aliphatic heterocycles. The van der Waals surface area contributed by atoms with Gasteiger partial charge in [-0.3, -0.25) is 0 Å². The molecule has 7 heavy (non-hydrogen) atoms. The average molecular weight is 322 g/mol. The molecule has 0 amide bonds. The van der Waals surface area contributed by atoms with Crippen molar-refractivity contribution in [3.8, 4) is 0 Å². The molecule has 0 aliphatic rings. The third-order valence-corrected chi connectivity index (χ3v) is 0. The van der Waals surface area contributed by atoms with Crippen LogP contribution in [-0.4, -0.2) is 14.7 Å². The SMILES string of the molecule is O=P(O)(O)O.[H-].[K+].[W]. The van der Waals surface area contributed by atoms with Crippen LogP contribution < -0.4 is 51.4 Å². The van der Waals surface area contributed by atoms with Gasteiger partial charge >= 0.3 is 59.2 Å². The maximum atomic E-state index is 8.88. The van der Waals surface area contributed by atoms with Crippen LogP contribution in [0, 0.1) is 0 Å². The van der Waals surface area contributed by atoms with E-state index in [1.807, 2.05) is 0 Å². The van der Waals surface area contributed by atoms with Crippen molar-refractivity contribution in [2.75, 3.05) is 0 Å². The first kappa shape index (κ1) is 16.2. The summed E-state index contributed by atoms with van der Waals surface area (Å²) in [4.78, 5) is 21.6. The molecule has 0 bridgehead atoms. The zero-order valence-corrected chi connectivity index (χ0v) is 10.6. The topological polar surface area (TPSA) is 77.8 Å². The standard InChI is InChI=1S/K.H3O4P.W.H/c;1-5(2,3)4;;/h;(H3,1,2,3,4);;/q+1;;;-1. The quantitative estimate of drug-likeness (QED) is 0.316. The summed E-state index contributed by atoms with van der Waals surface area (Å²) in [7, 11) is -4.64. The number of hydrogen-bond acceptors (Lipinski definition) is 1. The minimum absolute atomic E-state index is 0. The summed E-state index contributed by atoms with van der Waals surface area (Å²) >= 11 is 0. The van der Waals surface area contributed by atoms with E-state index in [1.54, 1.807) is 0 Å². The van der Waals surface area contributed by atoms with Gasteiger partial charge in [-0.15, -0.1) is 0 Å². The van der Waals surface area contributed by atoms with Crippen molar-refractivity contribution in [3.05, 3.63) is 0 Å². The predicted octanol–water partition coefficient (Wildman–Crippen LogP) is -3.81. The van der Waals surface area contributed by atoms with Crippen molar-refractivity contribution in [1.29, 1.82) is 0 Å². The Labute approximate surface area is 99.1 Å². The molecular weight excluding hydrogens is 318 g/mol. The van der Waals surface area contributed by atoms with Crippen LogP contribution in [0.15, 0.2) is 0 Å². The zero-order chi connectivity index (χ0) is 4.50. The van der Waals surface area contributed by atoms with E-state index in [0.717, 1.165) is 0 Å². The van der Waals surface area contributed by atoms with E-state index in [2.05, 4.69) is 0 Å². The van der Waals surface area contributed by atoms with Gasteiger partial charge in [0.25, 0.3) is 0 Å². The Morgan fingerprint density at radius 2 is 1.29 bits per heavy atom. The third kappa shape index (κ3) is 58.9. The maximum Gasteiger partial charge on any atom is 1.00 e. The Hall–Kier alpha value is 2.43. The molecule has 40 valence electrons. The smallest absolute Gasteiger partial charge is 1.00 e. The summed E-state index contributed by atoms with van der Waals surface area (Å²) < 4.78 is 8.88.